The van der Waals surface area contributed by atoms with Crippen LogP contribution in [0.2, 0.25) is 0 Å². The Balaban J connectivity index is 1.76. The highest BCUT2D eigenvalue weighted by Crippen LogP contribution is 2.19. The number of carbonyl (C=O) groups is 1. The summed E-state index contributed by atoms with van der Waals surface area (Å²) in [7, 11) is 0. The predicted octanol–water partition coefficient (Wildman–Crippen LogP) is 2.94. The van der Waals surface area contributed by atoms with Gasteiger partial charge in [0.15, 0.2) is 5.82 Å². The molecule has 3 rings (SSSR count). The molecule has 0 spiro atoms. The van der Waals surface area contributed by atoms with Gasteiger partial charge in [-0.1, -0.05) is 12.5 Å². The van der Waals surface area contributed by atoms with E-state index < -0.39 is 0 Å². The van der Waals surface area contributed by atoms with Gasteiger partial charge in [0.05, 0.1) is 6.04 Å². The van der Waals surface area contributed by atoms with E-state index in [1.54, 1.807) is 19.1 Å². The molecule has 1 aliphatic heterocycles. The Hall–Kier alpha value is -2.24. The maximum absolute atomic E-state index is 13.6. The van der Waals surface area contributed by atoms with E-state index in [-0.39, 0.29) is 17.8 Å². The van der Waals surface area contributed by atoms with Gasteiger partial charge in [-0.05, 0) is 44.4 Å². The van der Waals surface area contributed by atoms with Gasteiger partial charge in [-0.2, -0.15) is 0 Å². The molecule has 0 saturated heterocycles. The van der Waals surface area contributed by atoms with Crippen LogP contribution in [-0.4, -0.2) is 20.7 Å². The van der Waals surface area contributed by atoms with Gasteiger partial charge >= 0.3 is 0 Å². The van der Waals surface area contributed by atoms with Gasteiger partial charge in [-0.3, -0.25) is 4.79 Å². The number of aromatic nitrogens is 3. The SMILES string of the molecule is Cc1ccc(C(=O)N[C@@H](C)c2nnc3n2CCCCC3)cc1F. The second kappa shape index (κ2) is 6.48. The fourth-order valence-electron chi connectivity index (χ4n) is 2.91. The first-order valence-corrected chi connectivity index (χ1v) is 8.05. The number of hydrogen-bond donors (Lipinski definition) is 1. The molecule has 1 atom stereocenters. The Labute approximate surface area is 134 Å². The van der Waals surface area contributed by atoms with Gasteiger partial charge in [0, 0.05) is 18.5 Å². The molecule has 1 aromatic carbocycles. The summed E-state index contributed by atoms with van der Waals surface area (Å²) in [5, 5.41) is 11.4. The van der Waals surface area contributed by atoms with Crippen LogP contribution in [0.4, 0.5) is 4.39 Å². The van der Waals surface area contributed by atoms with Crippen LogP contribution in [0.25, 0.3) is 0 Å². The quantitative estimate of drug-likeness (QED) is 0.947. The van der Waals surface area contributed by atoms with E-state index in [2.05, 4.69) is 20.1 Å². The van der Waals surface area contributed by atoms with E-state index in [9.17, 15) is 9.18 Å². The molecule has 2 aromatic rings. The summed E-state index contributed by atoms with van der Waals surface area (Å²) < 4.78 is 15.7. The summed E-state index contributed by atoms with van der Waals surface area (Å²) in [5.41, 5.74) is 0.841. The Morgan fingerprint density at radius 3 is 2.91 bits per heavy atom. The summed E-state index contributed by atoms with van der Waals surface area (Å²) in [5.74, 6) is 1.08. The molecular formula is C17H21FN4O. The molecule has 6 heteroatoms. The molecule has 2 heterocycles. The Kier molecular flexibility index (Phi) is 4.41. The Bertz CT molecular complexity index is 725. The van der Waals surface area contributed by atoms with Crippen molar-refractivity contribution in [2.45, 2.75) is 52.1 Å². The predicted molar refractivity (Wildman–Crippen MR) is 84.6 cm³/mol. The minimum Gasteiger partial charge on any atom is -0.342 e. The van der Waals surface area contributed by atoms with Crippen LogP contribution >= 0.6 is 0 Å². The summed E-state index contributed by atoms with van der Waals surface area (Å²) in [6, 6.07) is 4.23. The second-order valence-electron chi connectivity index (χ2n) is 6.10. The van der Waals surface area contributed by atoms with Crippen molar-refractivity contribution in [3.05, 3.63) is 46.8 Å². The normalized spacial score (nSPS) is 15.6. The molecule has 5 nitrogen and oxygen atoms in total. The van der Waals surface area contributed by atoms with Crippen molar-refractivity contribution < 1.29 is 9.18 Å². The van der Waals surface area contributed by atoms with Crippen molar-refractivity contribution in [3.8, 4) is 0 Å². The molecular weight excluding hydrogens is 295 g/mol. The molecule has 0 radical (unpaired) electrons. The largest absolute Gasteiger partial charge is 0.342 e. The number of nitrogens with zero attached hydrogens (tertiary/aromatic N) is 3. The van der Waals surface area contributed by atoms with Crippen LogP contribution in [0, 0.1) is 12.7 Å². The molecule has 0 bridgehead atoms. The fraction of sp³-hybridized carbons (Fsp3) is 0.471. The van der Waals surface area contributed by atoms with Crippen LogP contribution in [0.15, 0.2) is 18.2 Å². The van der Waals surface area contributed by atoms with Gasteiger partial charge in [0.25, 0.3) is 5.91 Å². The topological polar surface area (TPSA) is 59.8 Å². The van der Waals surface area contributed by atoms with Crippen molar-refractivity contribution in [3.63, 3.8) is 0 Å². The first-order valence-electron chi connectivity index (χ1n) is 8.05. The first kappa shape index (κ1) is 15.6. The van der Waals surface area contributed by atoms with E-state index in [1.165, 1.54) is 12.5 Å². The third-order valence-corrected chi connectivity index (χ3v) is 4.31. The molecule has 1 N–H and O–H groups in total. The number of amides is 1. The molecule has 1 aromatic heterocycles. The number of aryl methyl sites for hydroxylation is 2. The highest BCUT2D eigenvalue weighted by atomic mass is 19.1. The van der Waals surface area contributed by atoms with E-state index in [0.717, 1.165) is 37.5 Å². The van der Waals surface area contributed by atoms with Crippen LogP contribution in [0.1, 0.15) is 59.8 Å². The number of carbonyl (C=O) groups excluding carboxylic acids is 1. The van der Waals surface area contributed by atoms with Gasteiger partial charge in [0.2, 0.25) is 0 Å². The zero-order chi connectivity index (χ0) is 16.4. The average Bonchev–Trinajstić information content (AvgIpc) is 2.79. The monoisotopic (exact) mass is 316 g/mol. The van der Waals surface area contributed by atoms with Crippen molar-refractivity contribution in [2.75, 3.05) is 0 Å². The molecule has 0 unspecified atom stereocenters. The van der Waals surface area contributed by atoms with Crippen molar-refractivity contribution in [1.82, 2.24) is 20.1 Å². The third-order valence-electron chi connectivity index (χ3n) is 4.31. The summed E-state index contributed by atoms with van der Waals surface area (Å²) in [6.07, 6.45) is 4.34. The lowest BCUT2D eigenvalue weighted by molar-refractivity contribution is 0.0937. The third kappa shape index (κ3) is 3.25. The van der Waals surface area contributed by atoms with Gasteiger partial charge in [0.1, 0.15) is 11.6 Å². The lowest BCUT2D eigenvalue weighted by Crippen LogP contribution is -2.29. The minimum atomic E-state index is -0.373. The number of nitrogens with one attached hydrogen (secondary N) is 1. The van der Waals surface area contributed by atoms with E-state index in [4.69, 9.17) is 0 Å². The average molecular weight is 316 g/mol. The molecule has 0 fully saturated rings. The maximum atomic E-state index is 13.6. The zero-order valence-electron chi connectivity index (χ0n) is 13.5. The second-order valence-corrected chi connectivity index (χ2v) is 6.10. The molecule has 0 saturated carbocycles. The molecule has 0 aliphatic carbocycles. The van der Waals surface area contributed by atoms with Crippen LogP contribution in [-0.2, 0) is 13.0 Å². The fourth-order valence-corrected chi connectivity index (χ4v) is 2.91. The van der Waals surface area contributed by atoms with Crippen LogP contribution < -0.4 is 5.32 Å². The van der Waals surface area contributed by atoms with Gasteiger partial charge < -0.3 is 9.88 Å². The molecule has 1 aliphatic rings. The number of halogens is 1. The Morgan fingerprint density at radius 1 is 1.30 bits per heavy atom. The highest BCUT2D eigenvalue weighted by molar-refractivity contribution is 5.94. The molecule has 1 amide bonds. The minimum absolute atomic E-state index is 0.272. The Morgan fingerprint density at radius 2 is 2.13 bits per heavy atom. The van der Waals surface area contributed by atoms with E-state index in [1.807, 2.05) is 6.92 Å². The van der Waals surface area contributed by atoms with E-state index in [0.29, 0.717) is 11.1 Å². The number of rotatable bonds is 3. The number of benzene rings is 1. The number of fused-ring (bicyclic) bond motifs is 1. The van der Waals surface area contributed by atoms with Crippen LogP contribution in [0.5, 0.6) is 0 Å². The number of hydrogen-bond acceptors (Lipinski definition) is 3. The van der Waals surface area contributed by atoms with Gasteiger partial charge in [-0.15, -0.1) is 10.2 Å². The highest BCUT2D eigenvalue weighted by Gasteiger charge is 2.21. The van der Waals surface area contributed by atoms with Crippen molar-refractivity contribution in [1.29, 1.82) is 0 Å². The summed E-state index contributed by atoms with van der Waals surface area (Å²) in [4.78, 5) is 12.3. The zero-order valence-corrected chi connectivity index (χ0v) is 13.5. The molecule has 23 heavy (non-hydrogen) atoms. The summed E-state index contributed by atoms with van der Waals surface area (Å²) >= 11 is 0. The van der Waals surface area contributed by atoms with Crippen molar-refractivity contribution in [2.24, 2.45) is 0 Å². The summed E-state index contributed by atoms with van der Waals surface area (Å²) in [6.45, 7) is 4.44. The smallest absolute Gasteiger partial charge is 0.251 e. The van der Waals surface area contributed by atoms with Crippen LogP contribution in [0.3, 0.4) is 0 Å². The van der Waals surface area contributed by atoms with Gasteiger partial charge in [-0.25, -0.2) is 4.39 Å². The lowest BCUT2D eigenvalue weighted by Gasteiger charge is -2.15. The lowest BCUT2D eigenvalue weighted by atomic mass is 10.1. The standard InChI is InChI=1S/C17H21FN4O/c1-11-7-8-13(10-14(11)18)17(23)19-12(2)16-21-20-15-6-4-3-5-9-22(15)16/h7-8,10,12H,3-6,9H2,1-2H3,(H,19,23)/t12-/m0/s1. The maximum Gasteiger partial charge on any atom is 0.251 e. The van der Waals surface area contributed by atoms with E-state index >= 15 is 0 Å². The first-order chi connectivity index (χ1) is 11.1. The molecule has 122 valence electrons. The van der Waals surface area contributed by atoms with Crippen molar-refractivity contribution >= 4 is 5.91 Å².